The van der Waals surface area contributed by atoms with Crippen LogP contribution in [0.3, 0.4) is 0 Å². The standard InChI is InChI=1S/C12H20O2/c1-3-11(14)8-10-6-4-5-7-12(10)9(2)13/h10,12H,3-8H2,1-2H3/t10-,12+/m0/s1. The van der Waals surface area contributed by atoms with Crippen molar-refractivity contribution in [2.75, 3.05) is 0 Å². The second-order valence-corrected chi connectivity index (χ2v) is 4.36. The molecule has 0 aliphatic heterocycles. The van der Waals surface area contributed by atoms with E-state index < -0.39 is 0 Å². The largest absolute Gasteiger partial charge is 0.300 e. The first-order valence-corrected chi connectivity index (χ1v) is 5.67. The summed E-state index contributed by atoms with van der Waals surface area (Å²) < 4.78 is 0. The zero-order valence-electron chi connectivity index (χ0n) is 9.21. The topological polar surface area (TPSA) is 34.1 Å². The highest BCUT2D eigenvalue weighted by molar-refractivity contribution is 5.81. The van der Waals surface area contributed by atoms with Gasteiger partial charge in [0, 0.05) is 18.8 Å². The Labute approximate surface area is 86.1 Å². The summed E-state index contributed by atoms with van der Waals surface area (Å²) in [5.74, 6) is 1.09. The molecule has 1 aliphatic rings. The molecule has 0 unspecified atom stereocenters. The fraction of sp³-hybridized carbons (Fsp3) is 0.833. The van der Waals surface area contributed by atoms with Crippen molar-refractivity contribution in [3.63, 3.8) is 0 Å². The molecule has 1 rings (SSSR count). The van der Waals surface area contributed by atoms with Crippen LogP contribution in [-0.2, 0) is 9.59 Å². The summed E-state index contributed by atoms with van der Waals surface area (Å²) in [6.45, 7) is 3.56. The smallest absolute Gasteiger partial charge is 0.133 e. The predicted molar refractivity (Wildman–Crippen MR) is 56.0 cm³/mol. The van der Waals surface area contributed by atoms with E-state index in [0.29, 0.717) is 24.5 Å². The summed E-state index contributed by atoms with van der Waals surface area (Å²) in [5.41, 5.74) is 0. The van der Waals surface area contributed by atoms with Crippen molar-refractivity contribution in [1.82, 2.24) is 0 Å². The molecule has 0 aromatic carbocycles. The maximum absolute atomic E-state index is 11.4. The van der Waals surface area contributed by atoms with E-state index in [2.05, 4.69) is 0 Å². The van der Waals surface area contributed by atoms with Gasteiger partial charge in [0.05, 0.1) is 0 Å². The minimum absolute atomic E-state index is 0.166. The van der Waals surface area contributed by atoms with Gasteiger partial charge < -0.3 is 0 Å². The van der Waals surface area contributed by atoms with Gasteiger partial charge in [-0.15, -0.1) is 0 Å². The fourth-order valence-electron chi connectivity index (χ4n) is 2.42. The minimum Gasteiger partial charge on any atom is -0.300 e. The van der Waals surface area contributed by atoms with Crippen LogP contribution in [0.1, 0.15) is 52.4 Å². The Morgan fingerprint density at radius 1 is 1.21 bits per heavy atom. The van der Waals surface area contributed by atoms with Crippen LogP contribution in [0, 0.1) is 11.8 Å². The molecule has 0 spiro atoms. The van der Waals surface area contributed by atoms with Gasteiger partial charge in [0.1, 0.15) is 11.6 Å². The number of rotatable bonds is 4. The Balaban J connectivity index is 2.54. The van der Waals surface area contributed by atoms with Gasteiger partial charge in [0.15, 0.2) is 0 Å². The molecule has 2 heteroatoms. The second kappa shape index (κ2) is 5.28. The molecule has 14 heavy (non-hydrogen) atoms. The molecular weight excluding hydrogens is 176 g/mol. The average molecular weight is 196 g/mol. The van der Waals surface area contributed by atoms with Crippen molar-refractivity contribution in [3.05, 3.63) is 0 Å². The van der Waals surface area contributed by atoms with Gasteiger partial charge in [0.2, 0.25) is 0 Å². The highest BCUT2D eigenvalue weighted by atomic mass is 16.1. The normalized spacial score (nSPS) is 27.3. The van der Waals surface area contributed by atoms with E-state index >= 15 is 0 Å². The summed E-state index contributed by atoms with van der Waals surface area (Å²) >= 11 is 0. The van der Waals surface area contributed by atoms with Crippen molar-refractivity contribution in [1.29, 1.82) is 0 Å². The molecule has 2 nitrogen and oxygen atoms in total. The molecular formula is C12H20O2. The van der Waals surface area contributed by atoms with Crippen LogP contribution in [0.5, 0.6) is 0 Å². The lowest BCUT2D eigenvalue weighted by Gasteiger charge is -2.29. The van der Waals surface area contributed by atoms with E-state index in [1.807, 2.05) is 6.92 Å². The summed E-state index contributed by atoms with van der Waals surface area (Å²) in [4.78, 5) is 22.7. The fourth-order valence-corrected chi connectivity index (χ4v) is 2.42. The number of Topliss-reactive ketones (excluding diaryl/α,β-unsaturated/α-hetero) is 2. The summed E-state index contributed by atoms with van der Waals surface area (Å²) in [7, 11) is 0. The van der Waals surface area contributed by atoms with Crippen molar-refractivity contribution in [2.24, 2.45) is 11.8 Å². The molecule has 0 aromatic rings. The number of carbonyl (C=O) groups excluding carboxylic acids is 2. The monoisotopic (exact) mass is 196 g/mol. The number of hydrogen-bond donors (Lipinski definition) is 0. The number of carbonyl (C=O) groups is 2. The van der Waals surface area contributed by atoms with Gasteiger partial charge in [-0.1, -0.05) is 19.8 Å². The highest BCUT2D eigenvalue weighted by Gasteiger charge is 2.29. The summed E-state index contributed by atoms with van der Waals surface area (Å²) in [6.07, 6.45) is 5.64. The van der Waals surface area contributed by atoms with E-state index in [1.54, 1.807) is 6.92 Å². The molecule has 0 amide bonds. The van der Waals surface area contributed by atoms with Crippen LogP contribution in [0.2, 0.25) is 0 Å². The first-order chi connectivity index (χ1) is 6.65. The lowest BCUT2D eigenvalue weighted by atomic mass is 9.75. The lowest BCUT2D eigenvalue weighted by molar-refractivity contribution is -0.125. The maximum Gasteiger partial charge on any atom is 0.133 e. The SMILES string of the molecule is CCC(=O)C[C@@H]1CCCC[C@@H]1C(C)=O. The molecule has 0 radical (unpaired) electrons. The highest BCUT2D eigenvalue weighted by Crippen LogP contribution is 2.33. The molecule has 2 atom stereocenters. The molecule has 1 aliphatic carbocycles. The van der Waals surface area contributed by atoms with Crippen LogP contribution < -0.4 is 0 Å². The Morgan fingerprint density at radius 2 is 1.86 bits per heavy atom. The molecule has 0 heterocycles. The van der Waals surface area contributed by atoms with E-state index in [9.17, 15) is 9.59 Å². The van der Waals surface area contributed by atoms with Crippen LogP contribution >= 0.6 is 0 Å². The van der Waals surface area contributed by atoms with Gasteiger partial charge in [-0.3, -0.25) is 9.59 Å². The Kier molecular flexibility index (Phi) is 4.30. The Bertz CT molecular complexity index is 220. The quantitative estimate of drug-likeness (QED) is 0.692. The average Bonchev–Trinajstić information content (AvgIpc) is 2.18. The van der Waals surface area contributed by atoms with Gasteiger partial charge >= 0.3 is 0 Å². The van der Waals surface area contributed by atoms with E-state index in [0.717, 1.165) is 19.3 Å². The molecule has 80 valence electrons. The second-order valence-electron chi connectivity index (χ2n) is 4.36. The summed E-state index contributed by atoms with van der Waals surface area (Å²) in [6, 6.07) is 0. The van der Waals surface area contributed by atoms with Crippen molar-refractivity contribution in [3.8, 4) is 0 Å². The predicted octanol–water partition coefficient (Wildman–Crippen LogP) is 2.75. The van der Waals surface area contributed by atoms with E-state index in [4.69, 9.17) is 0 Å². The van der Waals surface area contributed by atoms with Crippen LogP contribution in [-0.4, -0.2) is 11.6 Å². The third kappa shape index (κ3) is 2.93. The molecule has 0 saturated heterocycles. The molecule has 1 saturated carbocycles. The van der Waals surface area contributed by atoms with Crippen molar-refractivity contribution >= 4 is 11.6 Å². The van der Waals surface area contributed by atoms with Crippen LogP contribution in [0.4, 0.5) is 0 Å². The van der Waals surface area contributed by atoms with Gasteiger partial charge in [-0.05, 0) is 25.7 Å². The Hall–Kier alpha value is -0.660. The first kappa shape index (κ1) is 11.4. The van der Waals surface area contributed by atoms with Gasteiger partial charge in [-0.25, -0.2) is 0 Å². The van der Waals surface area contributed by atoms with Crippen LogP contribution in [0.25, 0.3) is 0 Å². The molecule has 1 fully saturated rings. The van der Waals surface area contributed by atoms with Crippen molar-refractivity contribution < 1.29 is 9.59 Å². The molecule has 0 bridgehead atoms. The Morgan fingerprint density at radius 3 is 2.43 bits per heavy atom. The first-order valence-electron chi connectivity index (χ1n) is 5.67. The molecule has 0 N–H and O–H groups in total. The van der Waals surface area contributed by atoms with E-state index in [-0.39, 0.29) is 11.7 Å². The van der Waals surface area contributed by atoms with Crippen LogP contribution in [0.15, 0.2) is 0 Å². The maximum atomic E-state index is 11.4. The van der Waals surface area contributed by atoms with E-state index in [1.165, 1.54) is 6.42 Å². The lowest BCUT2D eigenvalue weighted by Crippen LogP contribution is -2.27. The van der Waals surface area contributed by atoms with Crippen molar-refractivity contribution in [2.45, 2.75) is 52.4 Å². The third-order valence-corrected chi connectivity index (χ3v) is 3.32. The zero-order valence-corrected chi connectivity index (χ0v) is 9.21. The molecule has 0 aromatic heterocycles. The third-order valence-electron chi connectivity index (χ3n) is 3.32. The van der Waals surface area contributed by atoms with Gasteiger partial charge in [0.25, 0.3) is 0 Å². The number of ketones is 2. The number of hydrogen-bond acceptors (Lipinski definition) is 2. The van der Waals surface area contributed by atoms with Gasteiger partial charge in [-0.2, -0.15) is 0 Å². The zero-order chi connectivity index (χ0) is 10.6. The minimum atomic E-state index is 0.166. The summed E-state index contributed by atoms with van der Waals surface area (Å²) in [5, 5.41) is 0.